The summed E-state index contributed by atoms with van der Waals surface area (Å²) in [5.74, 6) is 1.25. The Kier molecular flexibility index (Phi) is 7.49. The van der Waals surface area contributed by atoms with Crippen molar-refractivity contribution in [1.82, 2.24) is 20.5 Å². The van der Waals surface area contributed by atoms with Gasteiger partial charge in [-0.25, -0.2) is 0 Å². The van der Waals surface area contributed by atoms with Gasteiger partial charge in [-0.05, 0) is 49.7 Å². The molecule has 35 heavy (non-hydrogen) atoms. The van der Waals surface area contributed by atoms with Crippen LogP contribution in [0.3, 0.4) is 0 Å². The number of halogens is 1. The van der Waals surface area contributed by atoms with E-state index in [2.05, 4.69) is 34.6 Å². The Morgan fingerprint density at radius 3 is 2.74 bits per heavy atom. The number of amidine groups is 1. The molecule has 190 valence electrons. The standard InChI is InChI=1S/C26H36ClN5O2S/c1-16(2)14-31-24(34)20-12-11-17(23(33)28-19-8-4-5-9-19)13-22(20)32-25(31)29-30-26(32)35-15-18-7-3-6-10-21(18)27/h3,6-7,10,16-17,19-20,22,25,29H,4-5,8-9,11-15H2,1-2H3,(H,28,33). The topological polar surface area (TPSA) is 77.0 Å². The highest BCUT2D eigenvalue weighted by atomic mass is 35.5. The van der Waals surface area contributed by atoms with E-state index < -0.39 is 0 Å². The van der Waals surface area contributed by atoms with Gasteiger partial charge in [0.05, 0.1) is 5.92 Å². The zero-order valence-corrected chi connectivity index (χ0v) is 22.2. The number of amides is 2. The van der Waals surface area contributed by atoms with Crippen LogP contribution in [-0.2, 0) is 15.3 Å². The number of nitrogens with zero attached hydrogens (tertiary/aromatic N) is 3. The molecule has 0 spiro atoms. The van der Waals surface area contributed by atoms with Gasteiger partial charge in [-0.2, -0.15) is 5.10 Å². The monoisotopic (exact) mass is 517 g/mol. The molecule has 2 N–H and O–H groups in total. The molecule has 4 aliphatic rings. The summed E-state index contributed by atoms with van der Waals surface area (Å²) < 4.78 is 0. The van der Waals surface area contributed by atoms with Gasteiger partial charge in [0.15, 0.2) is 11.5 Å². The fourth-order valence-electron chi connectivity index (χ4n) is 6.03. The van der Waals surface area contributed by atoms with Gasteiger partial charge in [0.1, 0.15) is 0 Å². The van der Waals surface area contributed by atoms with Gasteiger partial charge in [-0.3, -0.25) is 15.0 Å². The van der Waals surface area contributed by atoms with Crippen LogP contribution in [0.15, 0.2) is 29.4 Å². The maximum Gasteiger partial charge on any atom is 0.230 e. The van der Waals surface area contributed by atoms with Gasteiger partial charge in [0, 0.05) is 35.3 Å². The van der Waals surface area contributed by atoms with Crippen LogP contribution < -0.4 is 10.7 Å². The van der Waals surface area contributed by atoms with E-state index in [4.69, 9.17) is 11.6 Å². The SMILES string of the molecule is CC(C)CN1C(=O)C2CCC(C(=O)NC3CCCC3)CC2N2C(SCc3ccccc3Cl)=NNC12. The molecule has 0 bridgehead atoms. The molecule has 4 unspecified atom stereocenters. The molecule has 0 radical (unpaired) electrons. The second-order valence-electron chi connectivity index (χ2n) is 10.7. The van der Waals surface area contributed by atoms with E-state index in [1.807, 2.05) is 29.2 Å². The van der Waals surface area contributed by atoms with Crippen LogP contribution in [0, 0.1) is 17.8 Å². The normalized spacial score (nSPS) is 28.6. The number of rotatable bonds is 6. The first-order chi connectivity index (χ1) is 16.9. The molecule has 4 atom stereocenters. The van der Waals surface area contributed by atoms with Crippen molar-refractivity contribution in [2.24, 2.45) is 22.9 Å². The number of carbonyl (C=O) groups excluding carboxylic acids is 2. The van der Waals surface area contributed by atoms with Crippen LogP contribution in [0.25, 0.3) is 0 Å². The Labute approximate surface area is 217 Å². The maximum absolute atomic E-state index is 13.6. The average molecular weight is 518 g/mol. The van der Waals surface area contributed by atoms with Gasteiger partial charge in [0.25, 0.3) is 0 Å². The molecule has 2 aliphatic carbocycles. The molecular weight excluding hydrogens is 482 g/mol. The molecule has 2 saturated carbocycles. The highest BCUT2D eigenvalue weighted by molar-refractivity contribution is 8.13. The molecule has 1 saturated heterocycles. The summed E-state index contributed by atoms with van der Waals surface area (Å²) in [5.41, 5.74) is 4.31. The van der Waals surface area contributed by atoms with Crippen LogP contribution in [-0.4, -0.2) is 51.7 Å². The number of thioether (sulfide) groups is 1. The second-order valence-corrected chi connectivity index (χ2v) is 12.1. The average Bonchev–Trinajstić information content (AvgIpc) is 3.51. The lowest BCUT2D eigenvalue weighted by atomic mass is 9.75. The number of carbonyl (C=O) groups is 2. The van der Waals surface area contributed by atoms with Crippen molar-refractivity contribution in [2.45, 2.75) is 82.9 Å². The van der Waals surface area contributed by atoms with Crippen molar-refractivity contribution < 1.29 is 9.59 Å². The summed E-state index contributed by atoms with van der Waals surface area (Å²) in [5, 5.41) is 9.60. The molecule has 7 nitrogen and oxygen atoms in total. The number of hydrogen-bond donors (Lipinski definition) is 2. The zero-order chi connectivity index (χ0) is 24.5. The molecule has 0 aromatic heterocycles. The fraction of sp³-hybridized carbons (Fsp3) is 0.654. The molecule has 2 amide bonds. The summed E-state index contributed by atoms with van der Waals surface area (Å²) in [4.78, 5) is 31.0. The lowest BCUT2D eigenvalue weighted by Gasteiger charge is -2.51. The van der Waals surface area contributed by atoms with Gasteiger partial charge >= 0.3 is 0 Å². The van der Waals surface area contributed by atoms with Crippen molar-refractivity contribution >= 4 is 40.3 Å². The van der Waals surface area contributed by atoms with E-state index >= 15 is 0 Å². The lowest BCUT2D eigenvalue weighted by Crippen LogP contribution is -2.68. The number of nitrogens with one attached hydrogen (secondary N) is 2. The van der Waals surface area contributed by atoms with Gasteiger partial charge in [-0.15, -0.1) is 0 Å². The Morgan fingerprint density at radius 2 is 2.00 bits per heavy atom. The minimum Gasteiger partial charge on any atom is -0.353 e. The number of hydrazone groups is 1. The number of hydrogen-bond acceptors (Lipinski definition) is 6. The van der Waals surface area contributed by atoms with E-state index in [9.17, 15) is 9.59 Å². The summed E-state index contributed by atoms with van der Waals surface area (Å²) >= 11 is 8.04. The highest BCUT2D eigenvalue weighted by Gasteiger charge is 2.53. The summed E-state index contributed by atoms with van der Waals surface area (Å²) in [6.45, 7) is 4.95. The second kappa shape index (κ2) is 10.6. The molecule has 1 aromatic rings. The Balaban J connectivity index is 1.35. The van der Waals surface area contributed by atoms with Crippen LogP contribution in [0.2, 0.25) is 5.02 Å². The van der Waals surface area contributed by atoms with Crippen molar-refractivity contribution in [3.8, 4) is 0 Å². The van der Waals surface area contributed by atoms with Crippen molar-refractivity contribution in [3.05, 3.63) is 34.9 Å². The van der Waals surface area contributed by atoms with Gasteiger partial charge < -0.3 is 15.1 Å². The molecule has 1 aromatic carbocycles. The molecule has 2 aliphatic heterocycles. The van der Waals surface area contributed by atoms with Crippen LogP contribution in [0.1, 0.15) is 64.4 Å². The Morgan fingerprint density at radius 1 is 1.23 bits per heavy atom. The minimum absolute atomic E-state index is 0.0310. The Bertz CT molecular complexity index is 982. The summed E-state index contributed by atoms with van der Waals surface area (Å²) in [6, 6.07) is 8.16. The first-order valence-corrected chi connectivity index (χ1v) is 14.4. The predicted octanol–water partition coefficient (Wildman–Crippen LogP) is 4.37. The first kappa shape index (κ1) is 24.8. The van der Waals surface area contributed by atoms with Crippen molar-refractivity contribution in [1.29, 1.82) is 0 Å². The Hall–Kier alpha value is -1.93. The van der Waals surface area contributed by atoms with Gasteiger partial charge in [0.2, 0.25) is 11.8 Å². The van der Waals surface area contributed by atoms with E-state index in [-0.39, 0.29) is 36.0 Å². The third-order valence-corrected chi connectivity index (χ3v) is 9.16. The van der Waals surface area contributed by atoms with Crippen LogP contribution in [0.5, 0.6) is 0 Å². The summed E-state index contributed by atoms with van der Waals surface area (Å²) in [7, 11) is 0. The smallest absolute Gasteiger partial charge is 0.230 e. The van der Waals surface area contributed by atoms with E-state index in [1.54, 1.807) is 11.8 Å². The lowest BCUT2D eigenvalue weighted by molar-refractivity contribution is -0.158. The largest absolute Gasteiger partial charge is 0.353 e. The first-order valence-electron chi connectivity index (χ1n) is 13.0. The molecular formula is C26H36ClN5O2S. The van der Waals surface area contributed by atoms with Gasteiger partial charge in [-0.1, -0.05) is 68.3 Å². The van der Waals surface area contributed by atoms with Crippen molar-refractivity contribution in [3.63, 3.8) is 0 Å². The zero-order valence-electron chi connectivity index (χ0n) is 20.6. The number of benzene rings is 1. The molecule has 9 heteroatoms. The van der Waals surface area contributed by atoms with Crippen LogP contribution in [0.4, 0.5) is 0 Å². The number of fused-ring (bicyclic) bond motifs is 3. The quantitative estimate of drug-likeness (QED) is 0.585. The van der Waals surface area contributed by atoms with Crippen molar-refractivity contribution in [2.75, 3.05) is 6.54 Å². The summed E-state index contributed by atoms with van der Waals surface area (Å²) in [6.07, 6.45) is 6.47. The van der Waals surface area contributed by atoms with E-state index in [0.717, 1.165) is 41.4 Å². The molecule has 2 heterocycles. The van der Waals surface area contributed by atoms with E-state index in [1.165, 1.54) is 12.8 Å². The highest BCUT2D eigenvalue weighted by Crippen LogP contribution is 2.42. The maximum atomic E-state index is 13.6. The third kappa shape index (κ3) is 5.15. The fourth-order valence-corrected chi connectivity index (χ4v) is 7.35. The molecule has 3 fully saturated rings. The minimum atomic E-state index is -0.295. The third-order valence-electron chi connectivity index (χ3n) is 7.78. The van der Waals surface area contributed by atoms with Crippen LogP contribution >= 0.6 is 23.4 Å². The molecule has 5 rings (SSSR count). The van der Waals surface area contributed by atoms with E-state index in [0.29, 0.717) is 30.7 Å². The predicted molar refractivity (Wildman–Crippen MR) is 141 cm³/mol.